The molecule has 3 N–H and O–H groups in total. The quantitative estimate of drug-likeness (QED) is 0.575. The van der Waals surface area contributed by atoms with Crippen molar-refractivity contribution in [1.29, 1.82) is 0 Å². The molecule has 0 aliphatic rings. The summed E-state index contributed by atoms with van der Waals surface area (Å²) in [6.45, 7) is 1.48. The molecule has 86 valence electrons. The number of nitrogen functional groups attached to an aromatic ring is 1. The van der Waals surface area contributed by atoms with Crippen LogP contribution in [0.5, 0.6) is 0 Å². The first kappa shape index (κ1) is 12.0. The zero-order chi connectivity index (χ0) is 12.1. The molecule has 1 amide bonds. The molecule has 5 nitrogen and oxygen atoms in total. The molecule has 0 aromatic heterocycles. The van der Waals surface area contributed by atoms with Gasteiger partial charge in [0.1, 0.15) is 0 Å². The molecule has 0 fully saturated rings. The van der Waals surface area contributed by atoms with Gasteiger partial charge in [-0.15, -0.1) is 0 Å². The zero-order valence-corrected chi connectivity index (χ0v) is 9.24. The van der Waals surface area contributed by atoms with Gasteiger partial charge in [-0.1, -0.05) is 0 Å². The third-order valence-corrected chi connectivity index (χ3v) is 2.08. The van der Waals surface area contributed by atoms with Crippen molar-refractivity contribution in [2.24, 2.45) is 0 Å². The van der Waals surface area contributed by atoms with Crippen molar-refractivity contribution < 1.29 is 14.3 Å². The molecule has 0 unspecified atom stereocenters. The van der Waals surface area contributed by atoms with E-state index >= 15 is 0 Å². The summed E-state index contributed by atoms with van der Waals surface area (Å²) in [6, 6.07) is 4.87. The van der Waals surface area contributed by atoms with Gasteiger partial charge in [-0.05, 0) is 30.7 Å². The molecule has 0 spiro atoms. The molecule has 0 saturated heterocycles. The lowest BCUT2D eigenvalue weighted by Gasteiger charge is -2.06. The third-order valence-electron chi connectivity index (χ3n) is 2.08. The van der Waals surface area contributed by atoms with Crippen molar-refractivity contribution in [1.82, 2.24) is 5.32 Å². The number of nitrogens with two attached hydrogens (primary N) is 1. The lowest BCUT2D eigenvalue weighted by molar-refractivity contribution is -0.123. The minimum atomic E-state index is -0.527. The summed E-state index contributed by atoms with van der Waals surface area (Å²) in [5.74, 6) is -0.873. The topological polar surface area (TPSA) is 81.4 Å². The largest absolute Gasteiger partial charge is 0.452 e. The highest BCUT2D eigenvalue weighted by atomic mass is 16.5. The summed E-state index contributed by atoms with van der Waals surface area (Å²) < 4.78 is 4.81. The number of hydrogen-bond acceptors (Lipinski definition) is 4. The van der Waals surface area contributed by atoms with Crippen molar-refractivity contribution >= 4 is 17.6 Å². The average Bonchev–Trinajstić information content (AvgIpc) is 2.25. The lowest BCUT2D eigenvalue weighted by atomic mass is 10.1. The van der Waals surface area contributed by atoms with Crippen LogP contribution in [0.3, 0.4) is 0 Å². The number of amides is 1. The fraction of sp³-hybridized carbons (Fsp3) is 0.273. The summed E-state index contributed by atoms with van der Waals surface area (Å²) in [5, 5.41) is 2.36. The Bertz CT molecular complexity index is 416. The summed E-state index contributed by atoms with van der Waals surface area (Å²) in [4.78, 5) is 22.4. The van der Waals surface area contributed by atoms with Crippen LogP contribution in [0.4, 0.5) is 5.69 Å². The maximum atomic E-state index is 11.6. The van der Waals surface area contributed by atoms with Crippen molar-refractivity contribution in [2.75, 3.05) is 19.4 Å². The molecule has 1 aromatic carbocycles. The van der Waals surface area contributed by atoms with E-state index < -0.39 is 5.97 Å². The van der Waals surface area contributed by atoms with Crippen LogP contribution in [-0.4, -0.2) is 25.5 Å². The number of esters is 1. The number of hydrogen-bond donors (Lipinski definition) is 2. The Balaban J connectivity index is 2.70. The molecule has 5 heteroatoms. The fourth-order valence-electron chi connectivity index (χ4n) is 1.20. The highest BCUT2D eigenvalue weighted by molar-refractivity contribution is 5.93. The van der Waals surface area contributed by atoms with E-state index in [9.17, 15) is 9.59 Å². The maximum absolute atomic E-state index is 11.6. The van der Waals surface area contributed by atoms with E-state index in [0.29, 0.717) is 11.3 Å². The lowest BCUT2D eigenvalue weighted by Crippen LogP contribution is -2.25. The monoisotopic (exact) mass is 222 g/mol. The van der Waals surface area contributed by atoms with Gasteiger partial charge in [-0.3, -0.25) is 4.79 Å². The first-order valence-corrected chi connectivity index (χ1v) is 4.78. The second-order valence-electron chi connectivity index (χ2n) is 3.32. The van der Waals surface area contributed by atoms with Crippen LogP contribution < -0.4 is 11.1 Å². The van der Waals surface area contributed by atoms with E-state index in [0.717, 1.165) is 5.56 Å². The van der Waals surface area contributed by atoms with Gasteiger partial charge in [-0.25, -0.2) is 4.79 Å². The molecule has 0 heterocycles. The maximum Gasteiger partial charge on any atom is 0.338 e. The number of aryl methyl sites for hydroxylation is 1. The molecule has 0 bridgehead atoms. The fourth-order valence-corrected chi connectivity index (χ4v) is 1.20. The predicted molar refractivity (Wildman–Crippen MR) is 59.9 cm³/mol. The van der Waals surface area contributed by atoms with Crippen LogP contribution in [-0.2, 0) is 9.53 Å². The van der Waals surface area contributed by atoms with Crippen molar-refractivity contribution in [2.45, 2.75) is 6.92 Å². The Morgan fingerprint density at radius 3 is 2.69 bits per heavy atom. The van der Waals surface area contributed by atoms with Crippen LogP contribution in [0.15, 0.2) is 18.2 Å². The number of carbonyl (C=O) groups is 2. The summed E-state index contributed by atoms with van der Waals surface area (Å²) >= 11 is 0. The van der Waals surface area contributed by atoms with Crippen molar-refractivity contribution in [3.63, 3.8) is 0 Å². The minimum Gasteiger partial charge on any atom is -0.452 e. The van der Waals surface area contributed by atoms with Crippen LogP contribution in [0.1, 0.15) is 15.9 Å². The van der Waals surface area contributed by atoms with E-state index in [-0.39, 0.29) is 12.5 Å². The Labute approximate surface area is 93.6 Å². The summed E-state index contributed by atoms with van der Waals surface area (Å²) in [6.07, 6.45) is 0. The van der Waals surface area contributed by atoms with Gasteiger partial charge in [0.25, 0.3) is 5.91 Å². The van der Waals surface area contributed by atoms with Gasteiger partial charge < -0.3 is 15.8 Å². The van der Waals surface area contributed by atoms with E-state index in [1.807, 2.05) is 0 Å². The first-order chi connectivity index (χ1) is 7.54. The number of carbonyl (C=O) groups excluding carboxylic acids is 2. The number of rotatable bonds is 3. The SMILES string of the molecule is CNC(=O)COC(=O)c1ccc(N)cc1C. The molecule has 0 saturated carbocycles. The molecule has 0 aliphatic carbocycles. The molecule has 1 aromatic rings. The molecule has 16 heavy (non-hydrogen) atoms. The first-order valence-electron chi connectivity index (χ1n) is 4.78. The Hall–Kier alpha value is -2.04. The van der Waals surface area contributed by atoms with Crippen LogP contribution >= 0.6 is 0 Å². The van der Waals surface area contributed by atoms with Gasteiger partial charge in [0, 0.05) is 12.7 Å². The second-order valence-corrected chi connectivity index (χ2v) is 3.32. The van der Waals surface area contributed by atoms with E-state index in [2.05, 4.69) is 5.32 Å². The van der Waals surface area contributed by atoms with Gasteiger partial charge in [0.2, 0.25) is 0 Å². The zero-order valence-electron chi connectivity index (χ0n) is 9.24. The van der Waals surface area contributed by atoms with E-state index in [1.165, 1.54) is 7.05 Å². The smallest absolute Gasteiger partial charge is 0.338 e. The summed E-state index contributed by atoms with van der Waals surface area (Å²) in [7, 11) is 1.48. The predicted octanol–water partition coefficient (Wildman–Crippen LogP) is 0.480. The Morgan fingerprint density at radius 1 is 1.44 bits per heavy atom. The average molecular weight is 222 g/mol. The van der Waals surface area contributed by atoms with Crippen LogP contribution in [0.25, 0.3) is 0 Å². The molecular weight excluding hydrogens is 208 g/mol. The van der Waals surface area contributed by atoms with Crippen molar-refractivity contribution in [3.05, 3.63) is 29.3 Å². The number of likely N-dealkylation sites (N-methyl/N-ethyl adjacent to an activating group) is 1. The van der Waals surface area contributed by atoms with Crippen LogP contribution in [0, 0.1) is 6.92 Å². The molecule has 0 aliphatic heterocycles. The Kier molecular flexibility index (Phi) is 3.88. The highest BCUT2D eigenvalue weighted by Crippen LogP contribution is 2.13. The number of anilines is 1. The molecular formula is C11H14N2O3. The Morgan fingerprint density at radius 2 is 2.12 bits per heavy atom. The number of ether oxygens (including phenoxy) is 1. The van der Waals surface area contributed by atoms with Gasteiger partial charge >= 0.3 is 5.97 Å². The van der Waals surface area contributed by atoms with Gasteiger partial charge in [-0.2, -0.15) is 0 Å². The molecule has 0 radical (unpaired) electrons. The number of nitrogens with one attached hydrogen (secondary N) is 1. The van der Waals surface area contributed by atoms with Gasteiger partial charge in [0.15, 0.2) is 6.61 Å². The number of benzene rings is 1. The normalized spacial score (nSPS) is 9.62. The minimum absolute atomic E-state index is 0.279. The summed E-state index contributed by atoms with van der Waals surface area (Å²) in [5.41, 5.74) is 7.28. The van der Waals surface area contributed by atoms with Crippen LogP contribution in [0.2, 0.25) is 0 Å². The second kappa shape index (κ2) is 5.16. The van der Waals surface area contributed by atoms with E-state index in [4.69, 9.17) is 10.5 Å². The third kappa shape index (κ3) is 2.98. The highest BCUT2D eigenvalue weighted by Gasteiger charge is 2.11. The van der Waals surface area contributed by atoms with Crippen molar-refractivity contribution in [3.8, 4) is 0 Å². The molecule has 1 rings (SSSR count). The molecule has 0 atom stereocenters. The standard InChI is InChI=1S/C11H14N2O3/c1-7-5-8(12)3-4-9(7)11(15)16-6-10(14)13-2/h3-5H,6,12H2,1-2H3,(H,13,14). The van der Waals surface area contributed by atoms with E-state index in [1.54, 1.807) is 25.1 Å². The van der Waals surface area contributed by atoms with Gasteiger partial charge in [0.05, 0.1) is 5.56 Å².